The van der Waals surface area contributed by atoms with Crippen molar-refractivity contribution < 1.29 is 14.3 Å². The molecule has 0 aliphatic heterocycles. The van der Waals surface area contributed by atoms with E-state index in [1.54, 1.807) is 54.7 Å². The first-order valence-electron chi connectivity index (χ1n) is 9.94. The summed E-state index contributed by atoms with van der Waals surface area (Å²) < 4.78 is 7.28. The largest absolute Gasteiger partial charge is 0.471 e. The Bertz CT molecular complexity index is 1270. The molecule has 0 saturated heterocycles. The Morgan fingerprint density at radius 1 is 1.00 bits per heavy atom. The highest BCUT2D eigenvalue weighted by Gasteiger charge is 2.18. The van der Waals surface area contributed by atoms with Gasteiger partial charge in [0, 0.05) is 22.3 Å². The van der Waals surface area contributed by atoms with Gasteiger partial charge in [-0.1, -0.05) is 60.1 Å². The fourth-order valence-electron chi connectivity index (χ4n) is 3.15. The van der Waals surface area contributed by atoms with E-state index in [0.29, 0.717) is 21.8 Å². The summed E-state index contributed by atoms with van der Waals surface area (Å²) in [5, 5.41) is 7.44. The Morgan fingerprint density at radius 2 is 1.75 bits per heavy atom. The Morgan fingerprint density at radius 3 is 2.53 bits per heavy atom. The van der Waals surface area contributed by atoms with E-state index in [9.17, 15) is 9.59 Å². The molecule has 3 aromatic carbocycles. The summed E-state index contributed by atoms with van der Waals surface area (Å²) in [4.78, 5) is 25.7. The van der Waals surface area contributed by atoms with E-state index in [0.717, 1.165) is 11.3 Å². The fourth-order valence-corrected chi connectivity index (χ4v) is 3.33. The lowest BCUT2D eigenvalue weighted by molar-refractivity contribution is 0.102. The minimum absolute atomic E-state index is 0.164. The molecule has 1 aromatic heterocycles. The number of carbonyl (C=O) groups excluding carboxylic acids is 2. The molecule has 0 bridgehead atoms. The summed E-state index contributed by atoms with van der Waals surface area (Å²) in [6.45, 7) is 2.12. The minimum Gasteiger partial charge on any atom is -0.471 e. The van der Waals surface area contributed by atoms with Gasteiger partial charge in [0.15, 0.2) is 18.2 Å². The maximum absolute atomic E-state index is 12.9. The zero-order chi connectivity index (χ0) is 22.5. The first kappa shape index (κ1) is 21.3. The highest BCUT2D eigenvalue weighted by atomic mass is 35.5. The van der Waals surface area contributed by atoms with E-state index in [4.69, 9.17) is 16.3 Å². The van der Waals surface area contributed by atoms with Crippen LogP contribution in [0, 0.1) is 6.92 Å². The van der Waals surface area contributed by atoms with Crippen molar-refractivity contribution in [3.8, 4) is 5.75 Å². The molecule has 0 fully saturated rings. The predicted octanol–water partition coefficient (Wildman–Crippen LogP) is 5.36. The molecular formula is C25H20ClN3O3. The van der Waals surface area contributed by atoms with Gasteiger partial charge in [0.25, 0.3) is 5.91 Å². The Balaban J connectivity index is 1.49. The van der Waals surface area contributed by atoms with Gasteiger partial charge >= 0.3 is 0 Å². The number of aromatic nitrogens is 2. The average molecular weight is 446 g/mol. The summed E-state index contributed by atoms with van der Waals surface area (Å²) in [5.74, 6) is 0.0730. The molecule has 1 heterocycles. The SMILES string of the molecule is Cc1ccccc1OCn1ccc(C(=O)Nc2ccc(Cl)cc2C(=O)c2ccccc2)n1. The molecule has 1 N–H and O–H groups in total. The summed E-state index contributed by atoms with van der Waals surface area (Å²) >= 11 is 6.11. The van der Waals surface area contributed by atoms with Gasteiger partial charge in [0.1, 0.15) is 5.75 Å². The average Bonchev–Trinajstić information content (AvgIpc) is 3.29. The van der Waals surface area contributed by atoms with Crippen molar-refractivity contribution in [2.24, 2.45) is 0 Å². The first-order valence-corrected chi connectivity index (χ1v) is 10.3. The van der Waals surface area contributed by atoms with Crippen LogP contribution < -0.4 is 10.1 Å². The smallest absolute Gasteiger partial charge is 0.276 e. The van der Waals surface area contributed by atoms with Gasteiger partial charge in [-0.25, -0.2) is 4.68 Å². The topological polar surface area (TPSA) is 73.2 Å². The van der Waals surface area contributed by atoms with E-state index in [1.165, 1.54) is 4.68 Å². The molecule has 32 heavy (non-hydrogen) atoms. The molecule has 0 radical (unpaired) electrons. The fraction of sp³-hybridized carbons (Fsp3) is 0.0800. The van der Waals surface area contributed by atoms with E-state index in [2.05, 4.69) is 10.4 Å². The molecule has 0 saturated carbocycles. The number of para-hydroxylation sites is 1. The number of carbonyl (C=O) groups is 2. The van der Waals surface area contributed by atoms with Crippen LogP contribution in [-0.2, 0) is 6.73 Å². The maximum atomic E-state index is 12.9. The zero-order valence-electron chi connectivity index (χ0n) is 17.3. The number of rotatable bonds is 7. The highest BCUT2D eigenvalue weighted by molar-refractivity contribution is 6.31. The normalized spacial score (nSPS) is 10.6. The van der Waals surface area contributed by atoms with Gasteiger partial charge in [0.05, 0.1) is 5.69 Å². The number of hydrogen-bond acceptors (Lipinski definition) is 4. The number of amides is 1. The summed E-state index contributed by atoms with van der Waals surface area (Å²) in [5.41, 5.74) is 2.38. The van der Waals surface area contributed by atoms with Crippen molar-refractivity contribution >= 4 is 29.0 Å². The van der Waals surface area contributed by atoms with Gasteiger partial charge in [-0.05, 0) is 42.8 Å². The van der Waals surface area contributed by atoms with E-state index in [-0.39, 0.29) is 18.2 Å². The third-order valence-corrected chi connectivity index (χ3v) is 5.06. The van der Waals surface area contributed by atoms with Crippen LogP contribution in [-0.4, -0.2) is 21.5 Å². The van der Waals surface area contributed by atoms with Gasteiger partial charge in [-0.2, -0.15) is 5.10 Å². The Hall–Kier alpha value is -3.90. The molecule has 0 spiro atoms. The second-order valence-electron chi connectivity index (χ2n) is 7.12. The quantitative estimate of drug-likeness (QED) is 0.388. The molecule has 0 aliphatic carbocycles. The van der Waals surface area contributed by atoms with Crippen molar-refractivity contribution in [3.05, 3.63) is 112 Å². The van der Waals surface area contributed by atoms with Crippen LogP contribution >= 0.6 is 11.6 Å². The predicted molar refractivity (Wildman–Crippen MR) is 123 cm³/mol. The number of anilines is 1. The van der Waals surface area contributed by atoms with Crippen molar-refractivity contribution in [3.63, 3.8) is 0 Å². The van der Waals surface area contributed by atoms with Crippen LogP contribution in [0.3, 0.4) is 0 Å². The van der Waals surface area contributed by atoms with Gasteiger partial charge in [0.2, 0.25) is 0 Å². The molecular weight excluding hydrogens is 426 g/mol. The maximum Gasteiger partial charge on any atom is 0.276 e. The Labute approximate surface area is 190 Å². The molecule has 6 nitrogen and oxygen atoms in total. The highest BCUT2D eigenvalue weighted by Crippen LogP contribution is 2.24. The van der Waals surface area contributed by atoms with Gasteiger partial charge in [-0.15, -0.1) is 0 Å². The van der Waals surface area contributed by atoms with Crippen molar-refractivity contribution in [2.45, 2.75) is 13.7 Å². The van der Waals surface area contributed by atoms with Crippen LogP contribution in [0.4, 0.5) is 5.69 Å². The van der Waals surface area contributed by atoms with Crippen LogP contribution in [0.15, 0.2) is 85.1 Å². The van der Waals surface area contributed by atoms with Crippen molar-refractivity contribution in [1.29, 1.82) is 0 Å². The molecule has 0 atom stereocenters. The van der Waals surface area contributed by atoms with Crippen molar-refractivity contribution in [1.82, 2.24) is 9.78 Å². The number of halogens is 1. The van der Waals surface area contributed by atoms with E-state index < -0.39 is 5.91 Å². The molecule has 160 valence electrons. The number of nitrogens with zero attached hydrogens (tertiary/aromatic N) is 2. The molecule has 4 aromatic rings. The summed E-state index contributed by atoms with van der Waals surface area (Å²) in [7, 11) is 0. The number of ketones is 1. The lowest BCUT2D eigenvalue weighted by Crippen LogP contribution is -2.17. The molecule has 7 heteroatoms. The number of benzene rings is 3. The number of nitrogens with one attached hydrogen (secondary N) is 1. The van der Waals surface area contributed by atoms with Crippen LogP contribution in [0.2, 0.25) is 5.02 Å². The lowest BCUT2D eigenvalue weighted by Gasteiger charge is -2.11. The van der Waals surface area contributed by atoms with Crippen LogP contribution in [0.1, 0.15) is 32.0 Å². The third kappa shape index (κ3) is 4.87. The van der Waals surface area contributed by atoms with Gasteiger partial charge in [-0.3, -0.25) is 9.59 Å². The summed E-state index contributed by atoms with van der Waals surface area (Å²) in [6, 6.07) is 22.8. The second-order valence-corrected chi connectivity index (χ2v) is 7.55. The molecule has 0 unspecified atom stereocenters. The van der Waals surface area contributed by atoms with Crippen molar-refractivity contribution in [2.75, 3.05) is 5.32 Å². The number of ether oxygens (including phenoxy) is 1. The third-order valence-electron chi connectivity index (χ3n) is 4.83. The minimum atomic E-state index is -0.441. The van der Waals surface area contributed by atoms with Gasteiger partial charge < -0.3 is 10.1 Å². The second kappa shape index (κ2) is 9.49. The number of aryl methyl sites for hydroxylation is 1. The Kier molecular flexibility index (Phi) is 6.33. The standard InChI is InChI=1S/C25H20ClN3O3/c1-17-7-5-6-10-23(17)32-16-29-14-13-22(28-29)25(31)27-21-12-11-19(26)15-20(21)24(30)18-8-3-2-4-9-18/h2-15H,16H2,1H3,(H,27,31). The number of hydrogen-bond donors (Lipinski definition) is 1. The monoisotopic (exact) mass is 445 g/mol. The van der Waals surface area contributed by atoms with E-state index >= 15 is 0 Å². The van der Waals surface area contributed by atoms with Crippen LogP contribution in [0.25, 0.3) is 0 Å². The zero-order valence-corrected chi connectivity index (χ0v) is 18.0. The summed E-state index contributed by atoms with van der Waals surface area (Å²) in [6.07, 6.45) is 1.66. The molecule has 4 rings (SSSR count). The molecule has 0 aliphatic rings. The van der Waals surface area contributed by atoms with Crippen LogP contribution in [0.5, 0.6) is 5.75 Å². The first-order chi connectivity index (χ1) is 15.5. The van der Waals surface area contributed by atoms with E-state index in [1.807, 2.05) is 37.3 Å². The molecule has 1 amide bonds. The lowest BCUT2D eigenvalue weighted by atomic mass is 10.0.